The zero-order chi connectivity index (χ0) is 16.0. The van der Waals surface area contributed by atoms with Gasteiger partial charge in [-0.25, -0.2) is 0 Å². The van der Waals surface area contributed by atoms with Crippen LogP contribution in [0.5, 0.6) is 0 Å². The van der Waals surface area contributed by atoms with Crippen molar-refractivity contribution in [3.63, 3.8) is 0 Å². The molecule has 0 bridgehead atoms. The van der Waals surface area contributed by atoms with Gasteiger partial charge in [-0.3, -0.25) is 0 Å². The first-order valence-electron chi connectivity index (χ1n) is 6.31. The highest BCUT2D eigenvalue weighted by molar-refractivity contribution is 8.45. The third-order valence-electron chi connectivity index (χ3n) is 3.19. The molecule has 0 radical (unpaired) electrons. The SMILES string of the molecule is CC(C)c1cccc(-c2ccc(S(F)(F)(F)(F)F)cc2)c1. The molecule has 21 heavy (non-hydrogen) atoms. The van der Waals surface area contributed by atoms with Crippen molar-refractivity contribution in [1.82, 2.24) is 0 Å². The van der Waals surface area contributed by atoms with Crippen LogP contribution >= 0.6 is 10.2 Å². The normalized spacial score (nSPS) is 15.6. The first kappa shape index (κ1) is 15.8. The minimum Gasteiger partial charge on any atom is -0.0936 e. The molecule has 0 fully saturated rings. The standard InChI is InChI=1S/C15H15F5S/c1-11(2)13-4-3-5-14(10-13)12-6-8-15(9-7-12)21(16,17,18,19)20/h3-11H,1-2H3. The largest absolute Gasteiger partial charge is 0.310 e. The lowest BCUT2D eigenvalue weighted by Crippen LogP contribution is -2.05. The lowest BCUT2D eigenvalue weighted by atomic mass is 9.97. The summed E-state index contributed by atoms with van der Waals surface area (Å²) < 4.78 is 63.3. The van der Waals surface area contributed by atoms with E-state index in [1.54, 1.807) is 12.1 Å². The maximum absolute atomic E-state index is 12.7. The first-order chi connectivity index (χ1) is 9.36. The lowest BCUT2D eigenvalue weighted by Gasteiger charge is -2.40. The minimum atomic E-state index is -9.59. The van der Waals surface area contributed by atoms with E-state index in [1.165, 1.54) is 0 Å². The minimum absolute atomic E-state index is 0.272. The van der Waals surface area contributed by atoms with Gasteiger partial charge in [0.2, 0.25) is 0 Å². The number of rotatable bonds is 3. The van der Waals surface area contributed by atoms with Gasteiger partial charge in [-0.05, 0) is 34.7 Å². The molecule has 0 spiro atoms. The summed E-state index contributed by atoms with van der Waals surface area (Å²) >= 11 is 0. The van der Waals surface area contributed by atoms with Crippen LogP contribution in [-0.4, -0.2) is 0 Å². The molecule has 0 atom stereocenters. The molecule has 2 aromatic carbocycles. The van der Waals surface area contributed by atoms with Crippen LogP contribution in [0.15, 0.2) is 53.4 Å². The molecule has 116 valence electrons. The van der Waals surface area contributed by atoms with Gasteiger partial charge in [0.05, 0.1) is 0 Å². The zero-order valence-corrected chi connectivity index (χ0v) is 12.3. The van der Waals surface area contributed by atoms with Gasteiger partial charge in [-0.2, -0.15) is 0 Å². The van der Waals surface area contributed by atoms with E-state index in [9.17, 15) is 19.4 Å². The molecule has 0 aliphatic rings. The van der Waals surface area contributed by atoms with Crippen LogP contribution < -0.4 is 0 Å². The molecule has 0 saturated carbocycles. The average Bonchev–Trinajstić information content (AvgIpc) is 2.36. The van der Waals surface area contributed by atoms with Gasteiger partial charge in [0.1, 0.15) is 4.90 Å². The van der Waals surface area contributed by atoms with Crippen molar-refractivity contribution in [3.8, 4) is 11.1 Å². The van der Waals surface area contributed by atoms with Crippen LogP contribution in [0.3, 0.4) is 0 Å². The Kier molecular flexibility index (Phi) is 3.18. The Labute approximate surface area is 120 Å². The van der Waals surface area contributed by atoms with Gasteiger partial charge in [-0.1, -0.05) is 69.7 Å². The van der Waals surface area contributed by atoms with Crippen LogP contribution in [0, 0.1) is 0 Å². The van der Waals surface area contributed by atoms with E-state index in [0.717, 1.165) is 17.7 Å². The fraction of sp³-hybridized carbons (Fsp3) is 0.200. The summed E-state index contributed by atoms with van der Waals surface area (Å²) in [5.41, 5.74) is 2.21. The van der Waals surface area contributed by atoms with Gasteiger partial charge in [0.25, 0.3) is 0 Å². The Bertz CT molecular complexity index is 657. The van der Waals surface area contributed by atoms with Crippen molar-refractivity contribution in [2.75, 3.05) is 0 Å². The molecular formula is C15H15F5S. The second kappa shape index (κ2) is 4.22. The predicted molar refractivity (Wildman–Crippen MR) is 77.4 cm³/mol. The van der Waals surface area contributed by atoms with Crippen molar-refractivity contribution in [1.29, 1.82) is 0 Å². The average molecular weight is 322 g/mol. The zero-order valence-electron chi connectivity index (χ0n) is 11.5. The Morgan fingerprint density at radius 1 is 0.762 bits per heavy atom. The highest BCUT2D eigenvalue weighted by atomic mass is 32.5. The quantitative estimate of drug-likeness (QED) is 0.527. The van der Waals surface area contributed by atoms with Crippen molar-refractivity contribution >= 4 is 10.2 Å². The van der Waals surface area contributed by atoms with Gasteiger partial charge >= 0.3 is 10.2 Å². The molecule has 0 aliphatic heterocycles. The Morgan fingerprint density at radius 3 is 1.81 bits per heavy atom. The molecule has 0 N–H and O–H groups in total. The maximum Gasteiger partial charge on any atom is 0.310 e. The number of hydrogen-bond acceptors (Lipinski definition) is 0. The molecule has 0 aliphatic carbocycles. The molecule has 0 aromatic heterocycles. The Morgan fingerprint density at radius 2 is 1.33 bits per heavy atom. The third-order valence-corrected chi connectivity index (χ3v) is 4.35. The number of hydrogen-bond donors (Lipinski definition) is 0. The van der Waals surface area contributed by atoms with Gasteiger partial charge in [0.15, 0.2) is 0 Å². The van der Waals surface area contributed by atoms with E-state index in [1.807, 2.05) is 26.0 Å². The second-order valence-electron chi connectivity index (χ2n) is 5.27. The summed E-state index contributed by atoms with van der Waals surface area (Å²) in [6.45, 7) is 3.99. The van der Waals surface area contributed by atoms with Crippen LogP contribution in [0.2, 0.25) is 0 Å². The van der Waals surface area contributed by atoms with Gasteiger partial charge in [-0.15, -0.1) is 0 Å². The molecule has 6 heteroatoms. The molecule has 0 amide bonds. The monoisotopic (exact) mass is 322 g/mol. The molecule has 0 heterocycles. The summed E-state index contributed by atoms with van der Waals surface area (Å²) in [6, 6.07) is 10.3. The van der Waals surface area contributed by atoms with E-state index in [-0.39, 0.29) is 5.92 Å². The van der Waals surface area contributed by atoms with Gasteiger partial charge in [0, 0.05) is 0 Å². The topological polar surface area (TPSA) is 0 Å². The van der Waals surface area contributed by atoms with Crippen LogP contribution in [0.25, 0.3) is 11.1 Å². The Balaban J connectivity index is 2.43. The van der Waals surface area contributed by atoms with Crippen LogP contribution in [-0.2, 0) is 0 Å². The highest BCUT2D eigenvalue weighted by Gasteiger charge is 2.65. The summed E-state index contributed by atoms with van der Waals surface area (Å²) in [5, 5.41) is 0. The smallest absolute Gasteiger partial charge is 0.0936 e. The van der Waals surface area contributed by atoms with Crippen molar-refractivity contribution in [2.24, 2.45) is 0 Å². The van der Waals surface area contributed by atoms with E-state index in [0.29, 0.717) is 23.3 Å². The number of halogens is 5. The molecule has 2 rings (SSSR count). The lowest BCUT2D eigenvalue weighted by molar-refractivity contribution is 0.364. The molecule has 2 aromatic rings. The third kappa shape index (κ3) is 3.75. The fourth-order valence-electron chi connectivity index (χ4n) is 1.98. The molecule has 0 nitrogen and oxygen atoms in total. The van der Waals surface area contributed by atoms with Crippen LogP contribution in [0.4, 0.5) is 19.4 Å². The highest BCUT2D eigenvalue weighted by Crippen LogP contribution is 3.02. The second-order valence-corrected chi connectivity index (χ2v) is 7.68. The summed E-state index contributed by atoms with van der Waals surface area (Å²) in [7, 11) is -9.59. The van der Waals surface area contributed by atoms with Crippen LogP contribution in [0.1, 0.15) is 25.3 Å². The Hall–Kier alpha value is -1.56. The molecular weight excluding hydrogens is 307 g/mol. The van der Waals surface area contributed by atoms with E-state index in [2.05, 4.69) is 0 Å². The number of benzene rings is 2. The predicted octanol–water partition coefficient (Wildman–Crippen LogP) is 7.13. The fourth-order valence-corrected chi connectivity index (χ4v) is 2.63. The maximum atomic E-state index is 12.7. The molecule has 0 unspecified atom stereocenters. The van der Waals surface area contributed by atoms with Crippen molar-refractivity contribution in [3.05, 3.63) is 54.1 Å². The van der Waals surface area contributed by atoms with Crippen molar-refractivity contribution < 1.29 is 19.4 Å². The van der Waals surface area contributed by atoms with E-state index < -0.39 is 15.1 Å². The first-order valence-corrected chi connectivity index (χ1v) is 8.26. The van der Waals surface area contributed by atoms with Crippen molar-refractivity contribution in [2.45, 2.75) is 24.7 Å². The van der Waals surface area contributed by atoms with E-state index in [4.69, 9.17) is 0 Å². The summed E-state index contributed by atoms with van der Waals surface area (Å²) in [4.78, 5) is -1.86. The van der Waals surface area contributed by atoms with Gasteiger partial charge < -0.3 is 0 Å². The molecule has 0 saturated heterocycles. The summed E-state index contributed by atoms with van der Waals surface area (Å²) in [6.07, 6.45) is 0. The van der Waals surface area contributed by atoms with E-state index >= 15 is 0 Å². The summed E-state index contributed by atoms with van der Waals surface area (Å²) in [5.74, 6) is 0.272.